The zero-order valence-corrected chi connectivity index (χ0v) is 22.2. The third-order valence-corrected chi connectivity index (χ3v) is 8.12. The zero-order valence-electron chi connectivity index (χ0n) is 19.8. The van der Waals surface area contributed by atoms with Crippen LogP contribution in [0.4, 0.5) is 4.79 Å². The number of halogens is 1. The maximum atomic E-state index is 13.9. The molecule has 186 valence electrons. The van der Waals surface area contributed by atoms with Crippen LogP contribution in [0.3, 0.4) is 0 Å². The Bertz CT molecular complexity index is 1340. The lowest BCUT2D eigenvalue weighted by atomic mass is 9.89. The summed E-state index contributed by atoms with van der Waals surface area (Å²) in [6.45, 7) is 4.61. The van der Waals surface area contributed by atoms with Crippen molar-refractivity contribution in [1.82, 2.24) is 20.2 Å². The molecule has 35 heavy (non-hydrogen) atoms. The summed E-state index contributed by atoms with van der Waals surface area (Å²) < 4.78 is 6.98. The number of aryl methyl sites for hydroxylation is 1. The van der Waals surface area contributed by atoms with Gasteiger partial charge in [-0.3, -0.25) is 19.5 Å². The highest BCUT2D eigenvalue weighted by Gasteiger charge is 2.26. The summed E-state index contributed by atoms with van der Waals surface area (Å²) >= 11 is 8.91. The average Bonchev–Trinajstić information content (AvgIpc) is 3.19. The van der Waals surface area contributed by atoms with Crippen LogP contribution in [0.1, 0.15) is 37.1 Å². The summed E-state index contributed by atoms with van der Waals surface area (Å²) in [5.74, 6) is 0.437. The highest BCUT2D eigenvalue weighted by molar-refractivity contribution is 7.99. The van der Waals surface area contributed by atoms with Crippen molar-refractivity contribution in [3.63, 3.8) is 0 Å². The predicted molar refractivity (Wildman–Crippen MR) is 141 cm³/mol. The van der Waals surface area contributed by atoms with Crippen LogP contribution < -0.4 is 20.9 Å². The molecule has 0 bridgehead atoms. The van der Waals surface area contributed by atoms with E-state index >= 15 is 0 Å². The molecule has 1 atom stereocenters. The topological polar surface area (TPSA) is 102 Å². The van der Waals surface area contributed by atoms with Crippen molar-refractivity contribution in [1.29, 1.82) is 0 Å². The first-order valence-corrected chi connectivity index (χ1v) is 13.6. The number of ether oxygens (including phenoxy) is 1. The van der Waals surface area contributed by atoms with Gasteiger partial charge in [0.2, 0.25) is 5.91 Å². The van der Waals surface area contributed by atoms with Gasteiger partial charge in [-0.2, -0.15) is 0 Å². The van der Waals surface area contributed by atoms with Gasteiger partial charge in [0.15, 0.2) is 5.16 Å². The Hall–Kier alpha value is -2.56. The number of hydrogen-bond donors (Lipinski definition) is 2. The average molecular weight is 535 g/mol. The molecule has 0 spiro atoms. The SMILES string of the molecule is CCCNC(=O)NC(=O)CSc1nc2sc3c(c2c(=O)n1-c1cc(Cl)ccc1OC)CCC(C)C3. The van der Waals surface area contributed by atoms with Gasteiger partial charge < -0.3 is 10.1 Å². The van der Waals surface area contributed by atoms with Crippen LogP contribution in [0, 0.1) is 5.92 Å². The van der Waals surface area contributed by atoms with Crippen LogP contribution in [0.15, 0.2) is 28.2 Å². The molecule has 3 amide bonds. The first-order chi connectivity index (χ1) is 16.8. The number of methoxy groups -OCH3 is 1. The number of imide groups is 1. The van der Waals surface area contributed by atoms with Gasteiger partial charge in [0.05, 0.1) is 23.9 Å². The van der Waals surface area contributed by atoms with Gasteiger partial charge in [-0.25, -0.2) is 9.78 Å². The lowest BCUT2D eigenvalue weighted by molar-refractivity contribution is -0.117. The lowest BCUT2D eigenvalue weighted by Gasteiger charge is -2.18. The normalized spacial score (nSPS) is 15.0. The third kappa shape index (κ3) is 5.49. The minimum atomic E-state index is -0.546. The highest BCUT2D eigenvalue weighted by atomic mass is 35.5. The van der Waals surface area contributed by atoms with Gasteiger partial charge in [0.1, 0.15) is 10.6 Å². The van der Waals surface area contributed by atoms with Gasteiger partial charge in [0, 0.05) is 16.4 Å². The number of thioether (sulfide) groups is 1. The Morgan fingerprint density at radius 2 is 2.17 bits per heavy atom. The van der Waals surface area contributed by atoms with Gasteiger partial charge >= 0.3 is 6.03 Å². The van der Waals surface area contributed by atoms with Crippen LogP contribution in [-0.4, -0.2) is 40.9 Å². The van der Waals surface area contributed by atoms with Crippen molar-refractivity contribution >= 4 is 56.9 Å². The summed E-state index contributed by atoms with van der Waals surface area (Å²) in [6, 6.07) is 4.48. The molecule has 0 aliphatic heterocycles. The molecule has 0 saturated carbocycles. The van der Waals surface area contributed by atoms with E-state index in [1.54, 1.807) is 29.5 Å². The molecule has 3 aromatic rings. The van der Waals surface area contributed by atoms with E-state index in [2.05, 4.69) is 17.6 Å². The zero-order chi connectivity index (χ0) is 25.1. The van der Waals surface area contributed by atoms with E-state index in [0.717, 1.165) is 43.0 Å². The molecule has 1 unspecified atom stereocenters. The van der Waals surface area contributed by atoms with Crippen molar-refractivity contribution in [3.8, 4) is 11.4 Å². The van der Waals surface area contributed by atoms with Crippen molar-refractivity contribution in [2.75, 3.05) is 19.4 Å². The van der Waals surface area contributed by atoms with Crippen LogP contribution in [0.25, 0.3) is 15.9 Å². The smallest absolute Gasteiger partial charge is 0.321 e. The summed E-state index contributed by atoms with van der Waals surface area (Å²) in [5, 5.41) is 6.30. The first kappa shape index (κ1) is 25.5. The highest BCUT2D eigenvalue weighted by Crippen LogP contribution is 2.38. The molecular formula is C24H27ClN4O4S2. The third-order valence-electron chi connectivity index (χ3n) is 5.80. The molecule has 0 fully saturated rings. The van der Waals surface area contributed by atoms with E-state index in [-0.39, 0.29) is 11.3 Å². The molecule has 0 radical (unpaired) electrons. The molecule has 2 heterocycles. The Morgan fingerprint density at radius 3 is 2.91 bits per heavy atom. The minimum absolute atomic E-state index is 0.0947. The lowest BCUT2D eigenvalue weighted by Crippen LogP contribution is -2.40. The molecular weight excluding hydrogens is 508 g/mol. The van der Waals surface area contributed by atoms with Gasteiger partial charge in [-0.1, -0.05) is 37.2 Å². The van der Waals surface area contributed by atoms with Crippen molar-refractivity contribution in [2.24, 2.45) is 5.92 Å². The van der Waals surface area contributed by atoms with E-state index in [9.17, 15) is 14.4 Å². The predicted octanol–water partition coefficient (Wildman–Crippen LogP) is 4.56. The van der Waals surface area contributed by atoms with Crippen LogP contribution in [-0.2, 0) is 17.6 Å². The van der Waals surface area contributed by atoms with Gasteiger partial charge in [-0.15, -0.1) is 11.3 Å². The second kappa shape index (κ2) is 11.0. The monoisotopic (exact) mass is 534 g/mol. The van der Waals surface area contributed by atoms with E-state index < -0.39 is 11.9 Å². The molecule has 4 rings (SSSR count). The fourth-order valence-corrected chi connectivity index (χ4v) is 6.49. The standard InChI is InChI=1S/C24H27ClN4O4S2/c1-4-9-26-23(32)27-19(30)12-34-24-28-21-20(15-7-5-13(2)10-18(15)35-21)22(31)29(24)16-11-14(25)6-8-17(16)33-3/h6,8,11,13H,4-5,7,9-10,12H2,1-3H3,(H2,26,27,30,32). The second-order valence-corrected chi connectivity index (χ2v) is 10.9. The second-order valence-electron chi connectivity index (χ2n) is 8.48. The van der Waals surface area contributed by atoms with Crippen molar-refractivity contribution < 1.29 is 14.3 Å². The number of thiophene rings is 1. The van der Waals surface area contributed by atoms with E-state index in [0.29, 0.717) is 44.3 Å². The van der Waals surface area contributed by atoms with Crippen LogP contribution in [0.5, 0.6) is 5.75 Å². The van der Waals surface area contributed by atoms with Crippen LogP contribution >= 0.6 is 34.7 Å². The summed E-state index contributed by atoms with van der Waals surface area (Å²) in [5.41, 5.74) is 1.30. The molecule has 1 aliphatic carbocycles. The molecule has 1 aromatic carbocycles. The Morgan fingerprint density at radius 1 is 1.37 bits per heavy atom. The quantitative estimate of drug-likeness (QED) is 0.340. The number of carbonyl (C=O) groups is 2. The van der Waals surface area contributed by atoms with E-state index in [1.807, 2.05) is 6.92 Å². The number of fused-ring (bicyclic) bond motifs is 3. The largest absolute Gasteiger partial charge is 0.495 e. The number of hydrogen-bond acceptors (Lipinski definition) is 7. The number of nitrogens with zero attached hydrogens (tertiary/aromatic N) is 2. The molecule has 8 nitrogen and oxygen atoms in total. The van der Waals surface area contributed by atoms with Crippen molar-refractivity contribution in [2.45, 2.75) is 44.7 Å². The number of benzene rings is 1. The number of rotatable bonds is 7. The maximum absolute atomic E-state index is 13.9. The Kier molecular flexibility index (Phi) is 8.03. The van der Waals surface area contributed by atoms with Gasteiger partial charge in [-0.05, 0) is 55.4 Å². The molecule has 0 saturated heterocycles. The number of aromatic nitrogens is 2. The van der Waals surface area contributed by atoms with E-state index in [4.69, 9.17) is 21.3 Å². The Balaban J connectivity index is 1.78. The first-order valence-electron chi connectivity index (χ1n) is 11.4. The maximum Gasteiger partial charge on any atom is 0.321 e. The minimum Gasteiger partial charge on any atom is -0.495 e. The summed E-state index contributed by atoms with van der Waals surface area (Å²) in [6.07, 6.45) is 3.54. The number of carbonyl (C=O) groups excluding carboxylic acids is 2. The molecule has 11 heteroatoms. The fourth-order valence-electron chi connectivity index (χ4n) is 4.09. The van der Waals surface area contributed by atoms with Gasteiger partial charge in [0.25, 0.3) is 5.56 Å². The Labute approximate surface area is 216 Å². The number of amides is 3. The summed E-state index contributed by atoms with van der Waals surface area (Å²) in [7, 11) is 1.52. The molecule has 1 aliphatic rings. The van der Waals surface area contributed by atoms with E-state index in [1.165, 1.54) is 16.6 Å². The fraction of sp³-hybridized carbons (Fsp3) is 0.417. The van der Waals surface area contributed by atoms with Crippen LogP contribution in [0.2, 0.25) is 5.02 Å². The number of urea groups is 1. The molecule has 2 N–H and O–H groups in total. The molecule has 2 aromatic heterocycles. The summed E-state index contributed by atoms with van der Waals surface area (Å²) in [4.78, 5) is 44.9. The van der Waals surface area contributed by atoms with Crippen molar-refractivity contribution in [3.05, 3.63) is 44.0 Å². The number of nitrogens with one attached hydrogen (secondary N) is 2.